The average molecular weight is 428 g/mol. The summed E-state index contributed by atoms with van der Waals surface area (Å²) in [5, 5.41) is 0. The van der Waals surface area contributed by atoms with Gasteiger partial charge in [-0.05, 0) is 50.5 Å². The highest BCUT2D eigenvalue weighted by Crippen LogP contribution is 2.40. The van der Waals surface area contributed by atoms with E-state index in [0.717, 1.165) is 35.0 Å². The molecule has 8 nitrogen and oxygen atoms in total. The van der Waals surface area contributed by atoms with Gasteiger partial charge in [0.25, 0.3) is 0 Å². The number of benzene rings is 1. The van der Waals surface area contributed by atoms with Gasteiger partial charge in [-0.15, -0.1) is 0 Å². The van der Waals surface area contributed by atoms with Crippen molar-refractivity contribution in [1.82, 2.24) is 14.3 Å². The number of nitrogens with zero attached hydrogens (tertiary/aromatic N) is 5. The van der Waals surface area contributed by atoms with Crippen LogP contribution in [0.4, 0.5) is 11.5 Å². The van der Waals surface area contributed by atoms with E-state index in [1.165, 1.54) is 6.92 Å². The number of piperazine rings is 1. The molecule has 0 saturated carbocycles. The lowest BCUT2D eigenvalue weighted by Gasteiger charge is -2.55. The summed E-state index contributed by atoms with van der Waals surface area (Å²) in [6.07, 6.45) is 1.56. The van der Waals surface area contributed by atoms with E-state index in [9.17, 15) is 13.2 Å². The minimum Gasteiger partial charge on any atom is -0.353 e. The Balaban J connectivity index is 1.38. The number of anilines is 2. The Morgan fingerprint density at radius 3 is 2.50 bits per heavy atom. The smallest absolute Gasteiger partial charge is 0.243 e. The number of piperidine rings is 1. The fraction of sp³-hybridized carbons (Fsp3) is 0.476. The molecule has 1 aromatic carbocycles. The van der Waals surface area contributed by atoms with Gasteiger partial charge < -0.3 is 9.80 Å². The third-order valence-electron chi connectivity index (χ3n) is 6.30. The molecule has 0 aliphatic carbocycles. The van der Waals surface area contributed by atoms with Crippen LogP contribution in [0.1, 0.15) is 30.4 Å². The summed E-state index contributed by atoms with van der Waals surface area (Å²) in [5.74, 6) is 1.58. The Kier molecular flexibility index (Phi) is 4.37. The van der Waals surface area contributed by atoms with Crippen LogP contribution in [0.5, 0.6) is 0 Å². The number of aryl methyl sites for hydroxylation is 2. The van der Waals surface area contributed by atoms with Crippen molar-refractivity contribution < 1.29 is 13.2 Å². The van der Waals surface area contributed by atoms with E-state index in [4.69, 9.17) is 0 Å². The zero-order valence-corrected chi connectivity index (χ0v) is 18.2. The summed E-state index contributed by atoms with van der Waals surface area (Å²) in [5.41, 5.74) is 2.66. The van der Waals surface area contributed by atoms with Gasteiger partial charge in [0.1, 0.15) is 11.6 Å². The summed E-state index contributed by atoms with van der Waals surface area (Å²) < 4.78 is 28.5. The minimum absolute atomic E-state index is 0.0167. The molecule has 3 fully saturated rings. The fourth-order valence-electron chi connectivity index (χ4n) is 5.00. The third-order valence-corrected chi connectivity index (χ3v) is 8.31. The summed E-state index contributed by atoms with van der Waals surface area (Å²) >= 11 is 0. The normalized spacial score (nSPS) is 23.3. The van der Waals surface area contributed by atoms with Gasteiger partial charge in [-0.3, -0.25) is 4.79 Å². The van der Waals surface area contributed by atoms with E-state index in [-0.39, 0.29) is 18.0 Å². The zero-order valence-electron chi connectivity index (χ0n) is 17.4. The van der Waals surface area contributed by atoms with Gasteiger partial charge in [-0.25, -0.2) is 18.4 Å². The van der Waals surface area contributed by atoms with Crippen molar-refractivity contribution in [3.63, 3.8) is 0 Å². The van der Waals surface area contributed by atoms with Crippen LogP contribution in [0.2, 0.25) is 0 Å². The van der Waals surface area contributed by atoms with Crippen molar-refractivity contribution in [2.45, 2.75) is 50.6 Å². The molecule has 2 bridgehead atoms. The molecule has 1 amide bonds. The minimum atomic E-state index is -3.57. The van der Waals surface area contributed by atoms with Crippen molar-refractivity contribution >= 4 is 27.4 Å². The van der Waals surface area contributed by atoms with Gasteiger partial charge in [0.05, 0.1) is 4.90 Å². The van der Waals surface area contributed by atoms with Crippen LogP contribution in [-0.2, 0) is 21.2 Å². The zero-order chi connectivity index (χ0) is 21.2. The second-order valence-electron chi connectivity index (χ2n) is 8.41. The first kappa shape index (κ1) is 19.4. The summed E-state index contributed by atoms with van der Waals surface area (Å²) in [6.45, 7) is 7.23. The molecule has 1 aromatic heterocycles. The maximum Gasteiger partial charge on any atom is 0.243 e. The number of fused-ring (bicyclic) bond motifs is 3. The Morgan fingerprint density at radius 1 is 1.10 bits per heavy atom. The highest BCUT2D eigenvalue weighted by molar-refractivity contribution is 7.89. The predicted octanol–water partition coefficient (Wildman–Crippen LogP) is 1.65. The van der Waals surface area contributed by atoms with Crippen molar-refractivity contribution in [1.29, 1.82) is 0 Å². The molecule has 5 heterocycles. The predicted molar refractivity (Wildman–Crippen MR) is 113 cm³/mol. The van der Waals surface area contributed by atoms with Gasteiger partial charge in [0.15, 0.2) is 0 Å². The molecule has 3 saturated heterocycles. The summed E-state index contributed by atoms with van der Waals surface area (Å²) in [7, 11) is -3.57. The van der Waals surface area contributed by atoms with E-state index in [0.29, 0.717) is 31.0 Å². The van der Waals surface area contributed by atoms with Crippen molar-refractivity contribution in [2.24, 2.45) is 0 Å². The lowest BCUT2D eigenvalue weighted by Crippen LogP contribution is -2.70. The Labute approximate surface area is 176 Å². The molecule has 2 unspecified atom stereocenters. The number of aromatic nitrogens is 2. The molecule has 4 aliphatic rings. The molecule has 0 N–H and O–H groups in total. The second-order valence-corrected chi connectivity index (χ2v) is 10.3. The number of carbonyl (C=O) groups is 1. The first-order chi connectivity index (χ1) is 14.2. The summed E-state index contributed by atoms with van der Waals surface area (Å²) in [6, 6.07) is 7.01. The lowest BCUT2D eigenvalue weighted by molar-refractivity contribution is -0.116. The molecule has 9 heteroatoms. The quantitative estimate of drug-likeness (QED) is 0.740. The van der Waals surface area contributed by atoms with E-state index >= 15 is 0 Å². The fourth-order valence-corrected chi connectivity index (χ4v) is 6.87. The Bertz CT molecular complexity index is 1120. The van der Waals surface area contributed by atoms with Crippen LogP contribution in [0.15, 0.2) is 29.2 Å². The largest absolute Gasteiger partial charge is 0.353 e. The van der Waals surface area contributed by atoms with Crippen LogP contribution in [-0.4, -0.2) is 60.3 Å². The molecule has 2 aromatic rings. The van der Waals surface area contributed by atoms with Gasteiger partial charge in [-0.1, -0.05) is 0 Å². The monoisotopic (exact) mass is 427 g/mol. The van der Waals surface area contributed by atoms with E-state index < -0.39 is 10.0 Å². The molecule has 4 aliphatic heterocycles. The van der Waals surface area contributed by atoms with Gasteiger partial charge >= 0.3 is 0 Å². The number of hydrogen-bond donors (Lipinski definition) is 0. The van der Waals surface area contributed by atoms with E-state index in [2.05, 4.69) is 14.9 Å². The first-order valence-corrected chi connectivity index (χ1v) is 11.7. The standard InChI is InChI=1S/C21H25N5O3S/c1-13-8-21(23-14(2)22-13)24-11-17-10-18(12-24)26(17)30(28,29)19-4-5-20-16(9-19)6-7-25(20)15(3)27/h4-5,8-9,17-18H,6-7,10-12H2,1-3H3. The number of hydrogen-bond acceptors (Lipinski definition) is 6. The number of amides is 1. The van der Waals surface area contributed by atoms with Crippen molar-refractivity contribution in [2.75, 3.05) is 29.4 Å². The Hall–Kier alpha value is -2.52. The maximum atomic E-state index is 13.4. The second kappa shape index (κ2) is 6.75. The van der Waals surface area contributed by atoms with Crippen LogP contribution >= 0.6 is 0 Å². The summed E-state index contributed by atoms with van der Waals surface area (Å²) in [4.78, 5) is 24.8. The molecule has 30 heavy (non-hydrogen) atoms. The average Bonchev–Trinajstić information content (AvgIpc) is 3.10. The van der Waals surface area contributed by atoms with Gasteiger partial charge in [-0.2, -0.15) is 4.31 Å². The molecule has 0 radical (unpaired) electrons. The molecular weight excluding hydrogens is 402 g/mol. The van der Waals surface area contributed by atoms with Crippen LogP contribution in [0.3, 0.4) is 0 Å². The Morgan fingerprint density at radius 2 is 1.83 bits per heavy atom. The number of sulfonamides is 1. The van der Waals surface area contributed by atoms with Crippen LogP contribution in [0, 0.1) is 13.8 Å². The van der Waals surface area contributed by atoms with Crippen LogP contribution in [0.25, 0.3) is 0 Å². The topological polar surface area (TPSA) is 86.7 Å². The van der Waals surface area contributed by atoms with E-state index in [1.54, 1.807) is 27.4 Å². The molecule has 2 atom stereocenters. The third kappa shape index (κ3) is 2.99. The highest BCUT2D eigenvalue weighted by Gasteiger charge is 2.51. The molecule has 158 valence electrons. The number of carbonyl (C=O) groups excluding carboxylic acids is 1. The molecular formula is C21H25N5O3S. The van der Waals surface area contributed by atoms with Gasteiger partial charge in [0.2, 0.25) is 15.9 Å². The van der Waals surface area contributed by atoms with Gasteiger partial charge in [0, 0.05) is 56.1 Å². The molecule has 0 spiro atoms. The first-order valence-electron chi connectivity index (χ1n) is 10.3. The lowest BCUT2D eigenvalue weighted by atomic mass is 9.91. The maximum absolute atomic E-state index is 13.4. The van der Waals surface area contributed by atoms with Crippen LogP contribution < -0.4 is 9.80 Å². The number of rotatable bonds is 3. The SMILES string of the molecule is CC(=O)N1CCc2cc(S(=O)(=O)N3C4CC3CN(c3cc(C)nc(C)n3)C4)ccc21. The van der Waals surface area contributed by atoms with E-state index in [1.807, 2.05) is 19.9 Å². The highest BCUT2D eigenvalue weighted by atomic mass is 32.2. The van der Waals surface area contributed by atoms with Crippen molar-refractivity contribution in [3.8, 4) is 0 Å². The van der Waals surface area contributed by atoms with Crippen molar-refractivity contribution in [3.05, 3.63) is 41.3 Å². The molecule has 6 rings (SSSR count).